The minimum atomic E-state index is -0.922. The van der Waals surface area contributed by atoms with Crippen LogP contribution in [0.1, 0.15) is 55.3 Å². The van der Waals surface area contributed by atoms with Gasteiger partial charge in [-0.2, -0.15) is 0 Å². The molecule has 2 aliphatic rings. The second-order valence-electron chi connectivity index (χ2n) is 9.68. The van der Waals surface area contributed by atoms with Crippen molar-refractivity contribution in [3.8, 4) is 35.7 Å². The van der Waals surface area contributed by atoms with Crippen molar-refractivity contribution in [2.24, 2.45) is 0 Å². The first kappa shape index (κ1) is 39.6. The molecular formula is C32H31BrCuIN2O8. The first-order valence-corrected chi connectivity index (χ1v) is 16.7. The Hall–Kier alpha value is -3.43. The third kappa shape index (κ3) is 9.53. The van der Waals surface area contributed by atoms with E-state index in [0.29, 0.717) is 5.70 Å². The summed E-state index contributed by atoms with van der Waals surface area (Å²) in [5.41, 5.74) is 0.866. The number of aromatic hydroxyl groups is 2. The van der Waals surface area contributed by atoms with Crippen LogP contribution in [0.4, 0.5) is 0 Å². The molecule has 0 amide bonds. The van der Waals surface area contributed by atoms with Crippen LogP contribution in [-0.4, -0.2) is 93.8 Å². The molecule has 13 heteroatoms. The van der Waals surface area contributed by atoms with Crippen LogP contribution in [0, 0.1) is 24.2 Å². The molecule has 10 nitrogen and oxygen atoms in total. The summed E-state index contributed by atoms with van der Waals surface area (Å²) >= 11 is 8.99. The third-order valence-corrected chi connectivity index (χ3v) is 6.61. The second kappa shape index (κ2) is 17.9. The van der Waals surface area contributed by atoms with Gasteiger partial charge in [0.1, 0.15) is 40.7 Å². The molecule has 0 spiro atoms. The number of Topliss-reactive ketones (excluding diaryl/α,β-unsaturated/α-hetero) is 4. The number of carbonyl (C=O) groups excluding carboxylic acids is 4. The number of nitrogens with zero attached hydrogens (tertiary/aromatic N) is 2. The van der Waals surface area contributed by atoms with Gasteiger partial charge in [-0.1, -0.05) is 29.9 Å². The van der Waals surface area contributed by atoms with Crippen molar-refractivity contribution in [3.63, 3.8) is 0 Å². The van der Waals surface area contributed by atoms with E-state index in [-0.39, 0.29) is 66.9 Å². The van der Waals surface area contributed by atoms with Crippen LogP contribution >= 0.6 is 36.3 Å². The molecule has 2 aromatic rings. The molecule has 0 heterocycles. The molecule has 242 valence electrons. The van der Waals surface area contributed by atoms with Crippen molar-refractivity contribution in [1.82, 2.24) is 9.80 Å². The molecule has 2 aromatic carbocycles. The summed E-state index contributed by atoms with van der Waals surface area (Å²) in [5.74, 6) is 5.15. The normalized spacial score (nSPS) is 14.4. The van der Waals surface area contributed by atoms with Crippen LogP contribution in [-0.2, 0) is 12.8 Å². The van der Waals surface area contributed by atoms with Gasteiger partial charge in [-0.3, -0.25) is 19.2 Å². The average molecular weight is 842 g/mol. The number of aliphatic hydroxyl groups excluding tert-OH is 2. The number of fused-ring (bicyclic) bond motifs is 2. The van der Waals surface area contributed by atoms with E-state index < -0.39 is 18.0 Å². The summed E-state index contributed by atoms with van der Waals surface area (Å²) in [6.45, 7) is 3.00. The number of phenolic OH excluding ortho intramolecular Hbond substituents is 2. The van der Waals surface area contributed by atoms with Crippen LogP contribution < -0.4 is 0 Å². The summed E-state index contributed by atoms with van der Waals surface area (Å²) in [5, 5.41) is 36.9. The zero-order valence-corrected chi connectivity index (χ0v) is 29.8. The van der Waals surface area contributed by atoms with Crippen molar-refractivity contribution in [2.75, 3.05) is 28.2 Å². The predicted octanol–water partition coefficient (Wildman–Crippen LogP) is 3.79. The number of rotatable bonds is 2. The number of hydrogen-bond donors (Lipinski definition) is 4. The maximum absolute atomic E-state index is 12.5. The van der Waals surface area contributed by atoms with E-state index in [1.54, 1.807) is 66.4 Å². The Morgan fingerprint density at radius 1 is 0.756 bits per heavy atom. The fourth-order valence-corrected chi connectivity index (χ4v) is 4.71. The van der Waals surface area contributed by atoms with Crippen LogP contribution in [0.25, 0.3) is 0 Å². The molecule has 0 aliphatic heterocycles. The summed E-state index contributed by atoms with van der Waals surface area (Å²) < 4.78 is 0.182. The zero-order chi connectivity index (χ0) is 34.8. The molecule has 0 saturated carbocycles. The third-order valence-electron chi connectivity index (χ3n) is 5.87. The predicted molar refractivity (Wildman–Crippen MR) is 178 cm³/mol. The van der Waals surface area contributed by atoms with Crippen molar-refractivity contribution >= 4 is 59.4 Å². The number of hydrogen-bond acceptors (Lipinski definition) is 10. The van der Waals surface area contributed by atoms with Gasteiger partial charge >= 0.3 is 33.1 Å². The van der Waals surface area contributed by atoms with E-state index in [2.05, 4.69) is 52.9 Å². The van der Waals surface area contributed by atoms with Gasteiger partial charge in [-0.05, 0) is 54.0 Å². The standard InChI is InChI=1S/C16H15NO4.C12H10BrNO3.C4H6O.Cu.HI/c1-9(18)7-8-11-14(17(2)3)16(21)10-5-4-6-12(19)13(10)15(11)20;1-14(2)10-9(13)12(17)8-6(11(10)16)4-3-5-7(8)15;1-3-4(2)5;;/h4-6,9,18-19H,1-3H3;3-5,15H,1-2H3;1,4-5H,2H3;;1H/q;;;+1;/p-1. The molecule has 0 bridgehead atoms. The van der Waals surface area contributed by atoms with Gasteiger partial charge in [0.25, 0.3) is 0 Å². The second-order valence-corrected chi connectivity index (χ2v) is 10.5. The number of aliphatic hydroxyl groups is 2. The summed E-state index contributed by atoms with van der Waals surface area (Å²) in [7, 11) is 6.65. The van der Waals surface area contributed by atoms with Crippen molar-refractivity contribution < 1.29 is 52.4 Å². The number of phenols is 2. The monoisotopic (exact) mass is 840 g/mol. The van der Waals surface area contributed by atoms with Gasteiger partial charge in [-0.25, -0.2) is 0 Å². The molecule has 45 heavy (non-hydrogen) atoms. The molecule has 0 saturated heterocycles. The average Bonchev–Trinajstić information content (AvgIpc) is 2.98. The molecule has 0 aromatic heterocycles. The van der Waals surface area contributed by atoms with E-state index in [9.17, 15) is 34.5 Å². The van der Waals surface area contributed by atoms with Crippen LogP contribution in [0.3, 0.4) is 0 Å². The van der Waals surface area contributed by atoms with Crippen LogP contribution in [0.15, 0.2) is 57.8 Å². The Morgan fingerprint density at radius 3 is 1.53 bits per heavy atom. The SMILES string of the molecule is C#CC(C)O.CC(O)C#CC1=C(N(C)C)C(=O)c2cccc(O)c2C1=O.CN(C)C1=C(Br)C(=O)c2c(O)cccc2C1=O.[Cu][I]. The molecule has 2 unspecified atom stereocenters. The van der Waals surface area contributed by atoms with Gasteiger partial charge in [0.05, 0.1) is 15.6 Å². The first-order chi connectivity index (χ1) is 21.1. The van der Waals surface area contributed by atoms with Gasteiger partial charge in [0.2, 0.25) is 23.1 Å². The van der Waals surface area contributed by atoms with Crippen molar-refractivity contribution in [1.29, 1.82) is 0 Å². The number of likely N-dealkylation sites (N-methyl/N-ethyl adjacent to an activating group) is 2. The number of allylic oxidation sites excluding steroid dienone is 4. The first-order valence-electron chi connectivity index (χ1n) is 12.8. The molecule has 2 aliphatic carbocycles. The summed E-state index contributed by atoms with van der Waals surface area (Å²) in [4.78, 5) is 52.4. The Balaban J connectivity index is 0.000000379. The fourth-order valence-electron chi connectivity index (χ4n) is 3.97. The topological polar surface area (TPSA) is 156 Å². The molecule has 2 atom stereocenters. The Morgan fingerprint density at radius 2 is 1.16 bits per heavy atom. The van der Waals surface area contributed by atoms with Crippen LogP contribution in [0.2, 0.25) is 0 Å². The number of benzene rings is 2. The number of carbonyl (C=O) groups is 4. The van der Waals surface area contributed by atoms with Crippen molar-refractivity contribution in [2.45, 2.75) is 26.1 Å². The summed E-state index contributed by atoms with van der Waals surface area (Å²) in [6.07, 6.45) is 3.16. The fraction of sp³-hybridized carbons (Fsp3) is 0.250. The summed E-state index contributed by atoms with van der Waals surface area (Å²) in [6, 6.07) is 8.84. The number of halogens is 2. The number of ketones is 4. The maximum atomic E-state index is 12.5. The van der Waals surface area contributed by atoms with E-state index in [0.717, 1.165) is 0 Å². The Kier molecular flexibility index (Phi) is 15.8. The van der Waals surface area contributed by atoms with E-state index in [4.69, 9.17) is 5.11 Å². The van der Waals surface area contributed by atoms with Crippen molar-refractivity contribution in [3.05, 3.63) is 80.1 Å². The molecule has 4 rings (SSSR count). The minimum absolute atomic E-state index is 0.0140. The van der Waals surface area contributed by atoms with Gasteiger partial charge in [0, 0.05) is 39.3 Å². The van der Waals surface area contributed by atoms with E-state index in [1.807, 2.05) is 0 Å². The molecule has 0 fully saturated rings. The van der Waals surface area contributed by atoms with Crippen LogP contribution in [0.5, 0.6) is 11.5 Å². The molecular weight excluding hydrogens is 811 g/mol. The van der Waals surface area contributed by atoms with Gasteiger partial charge < -0.3 is 30.2 Å². The van der Waals surface area contributed by atoms with Gasteiger partial charge in [0.15, 0.2) is 0 Å². The Bertz CT molecular complexity index is 1660. The molecule has 0 radical (unpaired) electrons. The van der Waals surface area contributed by atoms with E-state index in [1.165, 1.54) is 42.2 Å². The van der Waals surface area contributed by atoms with E-state index >= 15 is 0 Å². The molecule has 4 N–H and O–H groups in total. The quantitative estimate of drug-likeness (QED) is 0.200. The Labute approximate surface area is 289 Å². The zero-order valence-electron chi connectivity index (χ0n) is 25.1. The number of terminal acetylenes is 1. The van der Waals surface area contributed by atoms with Gasteiger partial charge in [-0.15, -0.1) is 6.42 Å².